The van der Waals surface area contributed by atoms with Crippen molar-refractivity contribution in [1.82, 2.24) is 0 Å². The Morgan fingerprint density at radius 2 is 1.50 bits per heavy atom. The Kier molecular flexibility index (Phi) is 3.87. The molecule has 3 N–H and O–H groups in total. The van der Waals surface area contributed by atoms with Gasteiger partial charge in [0.05, 0.1) is 5.69 Å². The van der Waals surface area contributed by atoms with Gasteiger partial charge >= 0.3 is 7.12 Å². The van der Waals surface area contributed by atoms with Crippen molar-refractivity contribution in [2.45, 2.75) is 0 Å². The molecule has 0 saturated heterocycles. The first kappa shape index (κ1) is 14.3. The fourth-order valence-corrected chi connectivity index (χ4v) is 2.25. The van der Waals surface area contributed by atoms with Crippen LogP contribution in [0, 0.1) is 0 Å². The Morgan fingerprint density at radius 1 is 0.773 bits per heavy atom. The van der Waals surface area contributed by atoms with Gasteiger partial charge in [0, 0.05) is 10.8 Å². The predicted molar refractivity (Wildman–Crippen MR) is 86.1 cm³/mol. The van der Waals surface area contributed by atoms with E-state index in [9.17, 15) is 15.2 Å². The van der Waals surface area contributed by atoms with Crippen LogP contribution in [0.3, 0.4) is 0 Å². The topological polar surface area (TPSA) is 85.4 Å². The van der Waals surface area contributed by atoms with Gasteiger partial charge in [-0.15, -0.1) is 5.11 Å². The normalized spacial score (nSPS) is 11.2. The molecule has 5 nitrogen and oxygen atoms in total. The Morgan fingerprint density at radius 3 is 2.32 bits per heavy atom. The Bertz CT molecular complexity index is 850. The molecule has 0 aromatic heterocycles. The van der Waals surface area contributed by atoms with Crippen LogP contribution >= 0.6 is 0 Å². The molecular formula is C16H13BN2O3. The van der Waals surface area contributed by atoms with Crippen molar-refractivity contribution in [2.24, 2.45) is 10.2 Å². The summed E-state index contributed by atoms with van der Waals surface area (Å²) >= 11 is 0. The molecule has 0 aliphatic heterocycles. The highest BCUT2D eigenvalue weighted by atomic mass is 16.4. The number of rotatable bonds is 3. The lowest BCUT2D eigenvalue weighted by Gasteiger charge is -2.05. The molecule has 108 valence electrons. The van der Waals surface area contributed by atoms with Gasteiger partial charge in [-0.2, -0.15) is 5.11 Å². The zero-order chi connectivity index (χ0) is 15.5. The first-order valence-corrected chi connectivity index (χ1v) is 6.74. The van der Waals surface area contributed by atoms with E-state index in [-0.39, 0.29) is 11.2 Å². The van der Waals surface area contributed by atoms with Gasteiger partial charge in [0.25, 0.3) is 0 Å². The van der Waals surface area contributed by atoms with Crippen molar-refractivity contribution >= 4 is 34.7 Å². The summed E-state index contributed by atoms with van der Waals surface area (Å²) in [4.78, 5) is 0. The Hall–Kier alpha value is -2.70. The lowest BCUT2D eigenvalue weighted by Crippen LogP contribution is -2.29. The number of hydrogen-bond acceptors (Lipinski definition) is 5. The highest BCUT2D eigenvalue weighted by Gasteiger charge is 2.15. The molecule has 3 aromatic rings. The number of hydrogen-bond donors (Lipinski definition) is 3. The maximum Gasteiger partial charge on any atom is 0.490 e. The number of phenols is 1. The van der Waals surface area contributed by atoms with Crippen LogP contribution in [0.5, 0.6) is 5.75 Å². The quantitative estimate of drug-likeness (QED) is 0.512. The van der Waals surface area contributed by atoms with Gasteiger partial charge in [0.15, 0.2) is 0 Å². The molecule has 0 fully saturated rings. The van der Waals surface area contributed by atoms with E-state index in [2.05, 4.69) is 10.2 Å². The molecule has 22 heavy (non-hydrogen) atoms. The molecule has 0 heterocycles. The van der Waals surface area contributed by atoms with Crippen LogP contribution < -0.4 is 5.46 Å². The molecule has 0 bridgehead atoms. The fraction of sp³-hybridized carbons (Fsp3) is 0. The van der Waals surface area contributed by atoms with Gasteiger partial charge in [0.1, 0.15) is 11.4 Å². The molecule has 0 radical (unpaired) electrons. The van der Waals surface area contributed by atoms with Crippen molar-refractivity contribution < 1.29 is 15.2 Å². The molecule has 0 spiro atoms. The van der Waals surface area contributed by atoms with E-state index in [4.69, 9.17) is 0 Å². The molecule has 0 amide bonds. The van der Waals surface area contributed by atoms with E-state index in [0.29, 0.717) is 11.4 Å². The van der Waals surface area contributed by atoms with Crippen LogP contribution in [-0.2, 0) is 0 Å². The monoisotopic (exact) mass is 292 g/mol. The second kappa shape index (κ2) is 5.97. The molecule has 3 rings (SSSR count). The van der Waals surface area contributed by atoms with Crippen LogP contribution in [-0.4, -0.2) is 22.3 Å². The third kappa shape index (κ3) is 2.70. The fourth-order valence-electron chi connectivity index (χ4n) is 2.25. The van der Waals surface area contributed by atoms with E-state index < -0.39 is 7.12 Å². The van der Waals surface area contributed by atoms with E-state index in [0.717, 1.165) is 10.8 Å². The molecule has 3 aromatic carbocycles. The first-order valence-electron chi connectivity index (χ1n) is 6.74. The van der Waals surface area contributed by atoms with Crippen molar-refractivity contribution in [1.29, 1.82) is 0 Å². The van der Waals surface area contributed by atoms with E-state index >= 15 is 0 Å². The lowest BCUT2D eigenvalue weighted by atomic mass is 9.79. The molecule has 0 aliphatic rings. The number of azo groups is 1. The Labute approximate surface area is 127 Å². The molecule has 0 aliphatic carbocycles. The third-order valence-corrected chi connectivity index (χ3v) is 3.35. The van der Waals surface area contributed by atoms with Crippen molar-refractivity contribution in [3.8, 4) is 5.75 Å². The maximum atomic E-state index is 10.0. The van der Waals surface area contributed by atoms with Crippen LogP contribution in [0.1, 0.15) is 0 Å². The molecule has 0 unspecified atom stereocenters. The first-order chi connectivity index (χ1) is 10.7. The second-order valence-electron chi connectivity index (χ2n) is 4.79. The van der Waals surface area contributed by atoms with Crippen LogP contribution in [0.2, 0.25) is 0 Å². The molecule has 0 atom stereocenters. The summed E-state index contributed by atoms with van der Waals surface area (Å²) in [5.74, 6) is 0.0180. The van der Waals surface area contributed by atoms with Crippen molar-refractivity contribution in [3.63, 3.8) is 0 Å². The van der Waals surface area contributed by atoms with E-state index in [1.807, 2.05) is 24.3 Å². The predicted octanol–water partition coefficient (Wildman–Crippen LogP) is 2.64. The maximum absolute atomic E-state index is 10.0. The second-order valence-corrected chi connectivity index (χ2v) is 4.79. The van der Waals surface area contributed by atoms with Crippen LogP contribution in [0.25, 0.3) is 10.8 Å². The van der Waals surface area contributed by atoms with E-state index in [1.54, 1.807) is 36.4 Å². The number of nitrogens with zero attached hydrogens (tertiary/aromatic N) is 2. The van der Waals surface area contributed by atoms with E-state index in [1.165, 1.54) is 0 Å². The summed E-state index contributed by atoms with van der Waals surface area (Å²) in [6, 6.07) is 17.5. The average molecular weight is 292 g/mol. The van der Waals surface area contributed by atoms with Gasteiger partial charge in [-0.3, -0.25) is 0 Å². The Balaban J connectivity index is 2.09. The largest absolute Gasteiger partial charge is 0.506 e. The summed E-state index contributed by atoms with van der Waals surface area (Å²) in [5.41, 5.74) is 0.941. The molecular weight excluding hydrogens is 279 g/mol. The summed E-state index contributed by atoms with van der Waals surface area (Å²) in [6.45, 7) is 0. The van der Waals surface area contributed by atoms with Crippen LogP contribution in [0.4, 0.5) is 11.4 Å². The SMILES string of the molecule is OB(O)c1ccccc1N=Nc1c(O)ccc2ccccc12. The molecule has 6 heteroatoms. The summed E-state index contributed by atoms with van der Waals surface area (Å²) in [7, 11) is -1.63. The van der Waals surface area contributed by atoms with Gasteiger partial charge in [-0.05, 0) is 17.5 Å². The number of phenolic OH excluding ortho intramolecular Hbond substituents is 1. The van der Waals surface area contributed by atoms with Crippen LogP contribution in [0.15, 0.2) is 70.9 Å². The third-order valence-electron chi connectivity index (χ3n) is 3.35. The van der Waals surface area contributed by atoms with Gasteiger partial charge in [0.2, 0.25) is 0 Å². The smallest absolute Gasteiger partial charge is 0.490 e. The lowest BCUT2D eigenvalue weighted by molar-refractivity contribution is 0.426. The number of benzene rings is 3. The molecule has 0 saturated carbocycles. The van der Waals surface area contributed by atoms with Crippen molar-refractivity contribution in [2.75, 3.05) is 0 Å². The zero-order valence-electron chi connectivity index (χ0n) is 11.6. The summed E-state index contributed by atoms with van der Waals surface area (Å²) in [6.07, 6.45) is 0. The minimum atomic E-state index is -1.63. The minimum absolute atomic E-state index is 0.0180. The van der Waals surface area contributed by atoms with Gasteiger partial charge in [-0.25, -0.2) is 0 Å². The number of aromatic hydroxyl groups is 1. The standard InChI is InChI=1S/C16H13BN2O3/c20-15-10-9-11-5-1-2-6-12(11)16(15)19-18-14-8-4-3-7-13(14)17(21)22/h1-10,20-22H. The number of fused-ring (bicyclic) bond motifs is 1. The summed E-state index contributed by atoms with van der Waals surface area (Å²) < 4.78 is 0. The van der Waals surface area contributed by atoms with Gasteiger partial charge in [-0.1, -0.05) is 48.5 Å². The summed E-state index contributed by atoms with van der Waals surface area (Å²) in [5, 5.41) is 38.5. The highest BCUT2D eigenvalue weighted by Crippen LogP contribution is 2.35. The van der Waals surface area contributed by atoms with Gasteiger partial charge < -0.3 is 15.2 Å². The van der Waals surface area contributed by atoms with Crippen molar-refractivity contribution in [3.05, 3.63) is 60.7 Å². The zero-order valence-corrected chi connectivity index (χ0v) is 11.6. The highest BCUT2D eigenvalue weighted by molar-refractivity contribution is 6.60. The average Bonchev–Trinajstić information content (AvgIpc) is 2.54. The minimum Gasteiger partial charge on any atom is -0.506 e.